The Bertz CT molecular complexity index is 789. The van der Waals surface area contributed by atoms with Crippen LogP contribution < -0.4 is 15.2 Å². The number of nitrogens with two attached hydrogens (primary N) is 1. The number of nitrogens with zero attached hydrogens (tertiary/aromatic N) is 1. The molecule has 9 nitrogen and oxygen atoms in total. The number of benzene rings is 1. The number of carbonyl (C=O) groups excluding carboxylic acids is 1. The van der Waals surface area contributed by atoms with Crippen LogP contribution in [0, 0.1) is 0 Å². The molecule has 0 heterocycles. The molecule has 26 heavy (non-hydrogen) atoms. The summed E-state index contributed by atoms with van der Waals surface area (Å²) in [5.74, 6) is -1.10. The highest BCUT2D eigenvalue weighted by molar-refractivity contribution is 7.89. The molecule has 0 aromatic heterocycles. The number of carboxylic acid groups (broad SMARTS) is 1. The third-order valence-corrected chi connectivity index (χ3v) is 5.36. The molecule has 0 unspecified atom stereocenters. The molecule has 0 saturated heterocycles. The highest BCUT2D eigenvalue weighted by Crippen LogP contribution is 2.27. The molecule has 0 spiro atoms. The maximum atomic E-state index is 12.5. The van der Waals surface area contributed by atoms with E-state index in [1.807, 2.05) is 11.8 Å². The Morgan fingerprint density at radius 1 is 1.38 bits per heavy atom. The number of rotatable bonds is 8. The van der Waals surface area contributed by atoms with E-state index < -0.39 is 21.9 Å². The molecule has 0 aliphatic heterocycles. The second-order valence-electron chi connectivity index (χ2n) is 6.16. The topological polar surface area (TPSA) is 139 Å². The molecular formula is C16H23N3O6S. The first-order chi connectivity index (χ1) is 12.2. The van der Waals surface area contributed by atoms with Crippen LogP contribution in [0.15, 0.2) is 23.1 Å². The van der Waals surface area contributed by atoms with Gasteiger partial charge in [0.25, 0.3) is 5.91 Å². The molecule has 1 fully saturated rings. The predicted octanol–water partition coefficient (Wildman–Crippen LogP) is 0.00990. The Hall–Kier alpha value is -2.17. The molecule has 1 aliphatic carbocycles. The molecule has 4 N–H and O–H groups in total. The quantitative estimate of drug-likeness (QED) is 0.573. The van der Waals surface area contributed by atoms with Gasteiger partial charge in [-0.2, -0.15) is 0 Å². The SMILES string of the molecule is CCN(CC(=O)O)C1CC(NC(=O)c2cc(S(N)(=O)=O)ccc2OC)C1. The Kier molecular flexibility index (Phi) is 6.21. The van der Waals surface area contributed by atoms with Crippen molar-refractivity contribution >= 4 is 21.9 Å². The fourth-order valence-electron chi connectivity index (χ4n) is 2.98. The number of likely N-dealkylation sites (N-methyl/N-ethyl adjacent to an activating group) is 1. The zero-order chi connectivity index (χ0) is 19.5. The zero-order valence-corrected chi connectivity index (χ0v) is 15.5. The minimum atomic E-state index is -3.94. The van der Waals surface area contributed by atoms with Gasteiger partial charge in [0, 0.05) is 12.1 Å². The molecule has 10 heteroatoms. The van der Waals surface area contributed by atoms with Gasteiger partial charge in [0.15, 0.2) is 0 Å². The maximum absolute atomic E-state index is 12.5. The highest BCUT2D eigenvalue weighted by Gasteiger charge is 2.35. The number of aliphatic carboxylic acids is 1. The van der Waals surface area contributed by atoms with Gasteiger partial charge < -0.3 is 15.2 Å². The lowest BCUT2D eigenvalue weighted by molar-refractivity contribution is -0.139. The number of nitrogens with one attached hydrogen (secondary N) is 1. The minimum Gasteiger partial charge on any atom is -0.496 e. The lowest BCUT2D eigenvalue weighted by Crippen LogP contribution is -2.54. The van der Waals surface area contributed by atoms with Crippen molar-refractivity contribution in [2.75, 3.05) is 20.2 Å². The standard InChI is InChI=1S/C16H23N3O6S/c1-3-19(9-15(20)21)11-6-10(7-11)18-16(22)13-8-12(26(17,23)24)4-5-14(13)25-2/h4-5,8,10-11H,3,6-7,9H2,1-2H3,(H,18,22)(H,20,21)(H2,17,23,24). The monoisotopic (exact) mass is 385 g/mol. The molecule has 0 atom stereocenters. The molecule has 2 rings (SSSR count). The van der Waals surface area contributed by atoms with Gasteiger partial charge in [0.2, 0.25) is 10.0 Å². The van der Waals surface area contributed by atoms with Gasteiger partial charge in [-0.15, -0.1) is 0 Å². The van der Waals surface area contributed by atoms with Gasteiger partial charge in [0.1, 0.15) is 5.75 Å². The number of sulfonamides is 1. The molecular weight excluding hydrogens is 362 g/mol. The summed E-state index contributed by atoms with van der Waals surface area (Å²) in [6, 6.07) is 3.82. The van der Waals surface area contributed by atoms with Gasteiger partial charge in [-0.3, -0.25) is 14.5 Å². The van der Waals surface area contributed by atoms with E-state index in [0.717, 1.165) is 0 Å². The Morgan fingerprint density at radius 2 is 2.04 bits per heavy atom. The van der Waals surface area contributed by atoms with E-state index in [1.54, 1.807) is 0 Å². The van der Waals surface area contributed by atoms with Crippen LogP contribution in [0.1, 0.15) is 30.1 Å². The summed E-state index contributed by atoms with van der Waals surface area (Å²) in [4.78, 5) is 25.0. The van der Waals surface area contributed by atoms with Crippen molar-refractivity contribution in [3.63, 3.8) is 0 Å². The molecule has 0 bridgehead atoms. The van der Waals surface area contributed by atoms with Gasteiger partial charge in [-0.25, -0.2) is 13.6 Å². The Balaban J connectivity index is 2.04. The molecule has 144 valence electrons. The predicted molar refractivity (Wildman–Crippen MR) is 93.5 cm³/mol. The number of ether oxygens (including phenoxy) is 1. The minimum absolute atomic E-state index is 0.0357. The summed E-state index contributed by atoms with van der Waals surface area (Å²) in [5, 5.41) is 16.8. The number of hydrogen-bond acceptors (Lipinski definition) is 6. The van der Waals surface area contributed by atoms with Crippen molar-refractivity contribution in [1.29, 1.82) is 0 Å². The number of primary sulfonamides is 1. The van der Waals surface area contributed by atoms with E-state index in [-0.39, 0.29) is 34.8 Å². The number of hydrogen-bond donors (Lipinski definition) is 3. The van der Waals surface area contributed by atoms with Crippen molar-refractivity contribution in [2.24, 2.45) is 5.14 Å². The average Bonchev–Trinajstić information content (AvgIpc) is 2.54. The van der Waals surface area contributed by atoms with Crippen LogP contribution in [0.25, 0.3) is 0 Å². The van der Waals surface area contributed by atoms with Crippen molar-refractivity contribution in [2.45, 2.75) is 36.7 Å². The number of methoxy groups -OCH3 is 1. The van der Waals surface area contributed by atoms with Crippen molar-refractivity contribution in [3.05, 3.63) is 23.8 Å². The average molecular weight is 385 g/mol. The van der Waals surface area contributed by atoms with Crippen LogP contribution in [0.3, 0.4) is 0 Å². The van der Waals surface area contributed by atoms with Crippen molar-refractivity contribution < 1.29 is 27.9 Å². The molecule has 1 aliphatic rings. The van der Waals surface area contributed by atoms with E-state index >= 15 is 0 Å². The lowest BCUT2D eigenvalue weighted by atomic mass is 9.85. The summed E-state index contributed by atoms with van der Waals surface area (Å²) in [5.41, 5.74) is 0.0837. The van der Waals surface area contributed by atoms with E-state index in [4.69, 9.17) is 15.0 Å². The molecule has 1 amide bonds. The fourth-order valence-corrected chi connectivity index (χ4v) is 3.52. The van der Waals surface area contributed by atoms with Crippen LogP contribution in [-0.2, 0) is 14.8 Å². The summed E-state index contributed by atoms with van der Waals surface area (Å²) < 4.78 is 28.1. The van der Waals surface area contributed by atoms with Gasteiger partial charge in [0.05, 0.1) is 24.1 Å². The first-order valence-corrected chi connectivity index (χ1v) is 9.67. The van der Waals surface area contributed by atoms with Crippen LogP contribution in [0.4, 0.5) is 0 Å². The van der Waals surface area contributed by atoms with Gasteiger partial charge in [-0.05, 0) is 37.6 Å². The first kappa shape index (κ1) is 20.1. The molecule has 1 saturated carbocycles. The fraction of sp³-hybridized carbons (Fsp3) is 0.500. The largest absolute Gasteiger partial charge is 0.496 e. The number of carbonyl (C=O) groups is 2. The summed E-state index contributed by atoms with van der Waals surface area (Å²) in [6.45, 7) is 2.46. The van der Waals surface area contributed by atoms with E-state index in [1.165, 1.54) is 25.3 Å². The second-order valence-corrected chi connectivity index (χ2v) is 7.72. The zero-order valence-electron chi connectivity index (χ0n) is 14.6. The summed E-state index contributed by atoms with van der Waals surface area (Å²) in [6.07, 6.45) is 1.26. The summed E-state index contributed by atoms with van der Waals surface area (Å²) in [7, 11) is -2.55. The smallest absolute Gasteiger partial charge is 0.317 e. The Morgan fingerprint density at radius 3 is 2.54 bits per heavy atom. The molecule has 1 aromatic carbocycles. The normalized spacial score (nSPS) is 19.7. The molecule has 0 radical (unpaired) electrons. The van der Waals surface area contributed by atoms with Crippen molar-refractivity contribution in [1.82, 2.24) is 10.2 Å². The van der Waals surface area contributed by atoms with E-state index in [0.29, 0.717) is 19.4 Å². The molecule has 1 aromatic rings. The first-order valence-electron chi connectivity index (χ1n) is 8.13. The second kappa shape index (κ2) is 8.02. The Labute approximate surface area is 152 Å². The van der Waals surface area contributed by atoms with Gasteiger partial charge in [-0.1, -0.05) is 6.92 Å². The van der Waals surface area contributed by atoms with Crippen LogP contribution in [0.2, 0.25) is 0 Å². The van der Waals surface area contributed by atoms with Crippen LogP contribution in [-0.4, -0.2) is 62.6 Å². The summed E-state index contributed by atoms with van der Waals surface area (Å²) >= 11 is 0. The maximum Gasteiger partial charge on any atom is 0.317 e. The van der Waals surface area contributed by atoms with E-state index in [2.05, 4.69) is 5.32 Å². The van der Waals surface area contributed by atoms with E-state index in [9.17, 15) is 18.0 Å². The number of carboxylic acids is 1. The third-order valence-electron chi connectivity index (χ3n) is 4.45. The van der Waals surface area contributed by atoms with Crippen molar-refractivity contribution in [3.8, 4) is 5.75 Å². The lowest BCUT2D eigenvalue weighted by Gasteiger charge is -2.42. The van der Waals surface area contributed by atoms with Crippen LogP contribution >= 0.6 is 0 Å². The number of amides is 1. The highest BCUT2D eigenvalue weighted by atomic mass is 32.2. The van der Waals surface area contributed by atoms with Crippen LogP contribution in [0.5, 0.6) is 5.75 Å². The van der Waals surface area contributed by atoms with Gasteiger partial charge >= 0.3 is 5.97 Å². The third kappa shape index (κ3) is 4.71.